The molecular formula is C38H54N2O2. The smallest absolute Gasteiger partial charge is 0.159 e. The average molecular weight is 571 g/mol. The van der Waals surface area contributed by atoms with Crippen LogP contribution in [0, 0.1) is 13.8 Å². The first-order valence-electron chi connectivity index (χ1n) is 15.4. The summed E-state index contributed by atoms with van der Waals surface area (Å²) in [6.45, 7) is 25.6. The SMILES string of the molecule is C=C(C)c1ccccc1N=C(C)C(CC)N(CC)CCCC.CC(=O)c1ccc(C)cc1.CCOc1ccccc1C. The molecule has 3 aromatic rings. The van der Waals surface area contributed by atoms with Crippen LogP contribution in [-0.4, -0.2) is 42.1 Å². The Balaban J connectivity index is 0.000000362. The normalized spacial score (nSPS) is 11.5. The number of carbonyl (C=O) groups excluding carboxylic acids is 1. The average Bonchev–Trinajstić information content (AvgIpc) is 2.97. The molecule has 0 aliphatic heterocycles. The predicted octanol–water partition coefficient (Wildman–Crippen LogP) is 10.3. The summed E-state index contributed by atoms with van der Waals surface area (Å²) in [6, 6.07) is 24.3. The van der Waals surface area contributed by atoms with E-state index >= 15 is 0 Å². The molecule has 4 nitrogen and oxygen atoms in total. The highest BCUT2D eigenvalue weighted by Crippen LogP contribution is 2.26. The number of allylic oxidation sites excluding steroid dienone is 1. The topological polar surface area (TPSA) is 41.9 Å². The molecule has 0 bridgehead atoms. The van der Waals surface area contributed by atoms with Crippen LogP contribution in [0.1, 0.15) is 94.8 Å². The third kappa shape index (κ3) is 13.0. The van der Waals surface area contributed by atoms with Crippen molar-refractivity contribution in [1.82, 2.24) is 4.90 Å². The summed E-state index contributed by atoms with van der Waals surface area (Å²) in [5, 5.41) is 0. The molecule has 0 saturated carbocycles. The Hall–Kier alpha value is -3.50. The number of benzene rings is 3. The summed E-state index contributed by atoms with van der Waals surface area (Å²) in [7, 11) is 0. The van der Waals surface area contributed by atoms with Crippen LogP contribution < -0.4 is 4.74 Å². The van der Waals surface area contributed by atoms with Crippen molar-refractivity contribution in [3.8, 4) is 5.75 Å². The minimum absolute atomic E-state index is 0.125. The minimum Gasteiger partial charge on any atom is -0.494 e. The second-order valence-electron chi connectivity index (χ2n) is 10.6. The zero-order valence-corrected chi connectivity index (χ0v) is 27.7. The lowest BCUT2D eigenvalue weighted by molar-refractivity contribution is 0.101. The molecule has 0 amide bonds. The molecule has 0 saturated heterocycles. The largest absolute Gasteiger partial charge is 0.494 e. The highest BCUT2D eigenvalue weighted by atomic mass is 16.5. The molecule has 0 aliphatic rings. The van der Waals surface area contributed by atoms with Crippen molar-refractivity contribution >= 4 is 22.8 Å². The lowest BCUT2D eigenvalue weighted by Gasteiger charge is -2.30. The van der Waals surface area contributed by atoms with Crippen LogP contribution in [0.2, 0.25) is 0 Å². The highest BCUT2D eigenvalue weighted by Gasteiger charge is 2.18. The van der Waals surface area contributed by atoms with Gasteiger partial charge < -0.3 is 4.74 Å². The van der Waals surface area contributed by atoms with Crippen LogP contribution in [0.3, 0.4) is 0 Å². The van der Waals surface area contributed by atoms with E-state index in [1.807, 2.05) is 82.3 Å². The van der Waals surface area contributed by atoms with E-state index in [1.165, 1.54) is 29.7 Å². The minimum atomic E-state index is 0.125. The molecule has 0 aromatic heterocycles. The van der Waals surface area contributed by atoms with Crippen molar-refractivity contribution in [2.24, 2.45) is 4.99 Å². The number of ether oxygens (including phenoxy) is 1. The second-order valence-corrected chi connectivity index (χ2v) is 10.6. The van der Waals surface area contributed by atoms with Crippen LogP contribution in [0.4, 0.5) is 5.69 Å². The molecule has 228 valence electrons. The van der Waals surface area contributed by atoms with E-state index in [2.05, 4.69) is 57.4 Å². The second kappa shape index (κ2) is 20.4. The van der Waals surface area contributed by atoms with Gasteiger partial charge in [0.2, 0.25) is 0 Å². The molecule has 42 heavy (non-hydrogen) atoms. The number of rotatable bonds is 12. The Bertz CT molecular complexity index is 1240. The zero-order valence-electron chi connectivity index (χ0n) is 27.7. The van der Waals surface area contributed by atoms with Crippen LogP contribution in [0.25, 0.3) is 5.57 Å². The van der Waals surface area contributed by atoms with E-state index in [9.17, 15) is 4.79 Å². The molecular weight excluding hydrogens is 516 g/mol. The molecule has 3 rings (SSSR count). The van der Waals surface area contributed by atoms with Crippen molar-refractivity contribution in [2.45, 2.75) is 87.6 Å². The van der Waals surface area contributed by atoms with E-state index in [-0.39, 0.29) is 5.78 Å². The fourth-order valence-electron chi connectivity index (χ4n) is 4.57. The Labute approximate surface area is 256 Å². The van der Waals surface area contributed by atoms with E-state index in [1.54, 1.807) is 6.92 Å². The predicted molar refractivity (Wildman–Crippen MR) is 184 cm³/mol. The third-order valence-electron chi connectivity index (χ3n) is 7.03. The van der Waals surface area contributed by atoms with Crippen molar-refractivity contribution in [1.29, 1.82) is 0 Å². The maximum absolute atomic E-state index is 10.8. The fraction of sp³-hybridized carbons (Fsp3) is 0.421. The van der Waals surface area contributed by atoms with Gasteiger partial charge in [0.25, 0.3) is 0 Å². The van der Waals surface area contributed by atoms with E-state index < -0.39 is 0 Å². The van der Waals surface area contributed by atoms with Gasteiger partial charge in [-0.05, 0) is 90.7 Å². The molecule has 0 spiro atoms. The van der Waals surface area contributed by atoms with Gasteiger partial charge in [0.15, 0.2) is 5.78 Å². The lowest BCUT2D eigenvalue weighted by Crippen LogP contribution is -2.40. The number of hydrogen-bond donors (Lipinski definition) is 0. The Morgan fingerprint density at radius 2 is 1.50 bits per heavy atom. The highest BCUT2D eigenvalue weighted by molar-refractivity contribution is 5.94. The first kappa shape index (κ1) is 36.5. The number of nitrogens with zero attached hydrogens (tertiary/aromatic N) is 2. The zero-order chi connectivity index (χ0) is 31.5. The van der Waals surface area contributed by atoms with E-state index in [0.717, 1.165) is 54.3 Å². The molecule has 1 unspecified atom stereocenters. The van der Waals surface area contributed by atoms with Gasteiger partial charge in [-0.3, -0.25) is 14.7 Å². The Morgan fingerprint density at radius 1 is 0.881 bits per heavy atom. The third-order valence-corrected chi connectivity index (χ3v) is 7.03. The standard InChI is InChI=1S/C20H32N2.C9H10O.C9H12O/c1-7-10-15-22(9-3)20(8-2)17(6)21-19-14-12-11-13-18(19)16(4)5;1-7-3-5-9(6-4-7)8(2)10;1-3-10-9-7-5-4-6-8(9)2/h11-14,20H,4,7-10,15H2,1-3,5-6H3;3-6H,1-2H3;4-7H,3H2,1-2H3. The number of unbranched alkanes of at least 4 members (excludes halogenated alkanes) is 1. The van der Waals surface area contributed by atoms with E-state index in [0.29, 0.717) is 6.04 Å². The number of aryl methyl sites for hydroxylation is 2. The van der Waals surface area contributed by atoms with E-state index in [4.69, 9.17) is 9.73 Å². The first-order valence-corrected chi connectivity index (χ1v) is 15.4. The van der Waals surface area contributed by atoms with Gasteiger partial charge in [-0.15, -0.1) is 0 Å². The van der Waals surface area contributed by atoms with Crippen LogP contribution in [-0.2, 0) is 0 Å². The molecule has 1 atom stereocenters. The Morgan fingerprint density at radius 3 is 2.02 bits per heavy atom. The van der Waals surface area contributed by atoms with Gasteiger partial charge in [0.05, 0.1) is 12.3 Å². The van der Waals surface area contributed by atoms with Crippen molar-refractivity contribution in [3.63, 3.8) is 0 Å². The molecule has 3 aromatic carbocycles. The Kier molecular flexibility index (Phi) is 17.7. The number of aliphatic imine (C=N–C) groups is 1. The number of Topliss-reactive ketones (excluding diaryl/α,β-unsaturated/α-hetero) is 1. The quantitative estimate of drug-likeness (QED) is 0.161. The maximum Gasteiger partial charge on any atom is 0.159 e. The molecule has 4 heteroatoms. The molecule has 0 radical (unpaired) electrons. The fourth-order valence-corrected chi connectivity index (χ4v) is 4.57. The molecule has 0 N–H and O–H groups in total. The number of ketones is 1. The van der Waals surface area contributed by atoms with Gasteiger partial charge in [0.1, 0.15) is 5.75 Å². The van der Waals surface area contributed by atoms with Crippen molar-refractivity contribution < 1.29 is 9.53 Å². The lowest BCUT2D eigenvalue weighted by atomic mass is 10.1. The van der Waals surface area contributed by atoms with Crippen molar-refractivity contribution in [2.75, 3.05) is 19.7 Å². The number of hydrogen-bond acceptors (Lipinski definition) is 4. The van der Waals surface area contributed by atoms with Gasteiger partial charge in [-0.2, -0.15) is 0 Å². The number of carbonyl (C=O) groups is 1. The first-order chi connectivity index (χ1) is 20.1. The van der Waals surface area contributed by atoms with Gasteiger partial charge in [0, 0.05) is 22.9 Å². The van der Waals surface area contributed by atoms with Crippen LogP contribution in [0.15, 0.2) is 84.4 Å². The number of para-hydroxylation sites is 2. The van der Waals surface area contributed by atoms with Crippen LogP contribution >= 0.6 is 0 Å². The monoisotopic (exact) mass is 570 g/mol. The summed E-state index contributed by atoms with van der Waals surface area (Å²) in [5.74, 6) is 1.12. The molecule has 0 fully saturated rings. The van der Waals surface area contributed by atoms with Gasteiger partial charge >= 0.3 is 0 Å². The van der Waals surface area contributed by atoms with Gasteiger partial charge in [-0.25, -0.2) is 0 Å². The molecule has 0 heterocycles. The summed E-state index contributed by atoms with van der Waals surface area (Å²) in [6.07, 6.45) is 3.59. The van der Waals surface area contributed by atoms with Crippen LogP contribution in [0.5, 0.6) is 5.75 Å². The molecule has 0 aliphatic carbocycles. The van der Waals surface area contributed by atoms with Crippen molar-refractivity contribution in [3.05, 3.63) is 102 Å². The summed E-state index contributed by atoms with van der Waals surface area (Å²) >= 11 is 0. The summed E-state index contributed by atoms with van der Waals surface area (Å²) in [5.41, 5.74) is 7.62. The summed E-state index contributed by atoms with van der Waals surface area (Å²) in [4.78, 5) is 18.2. The van der Waals surface area contributed by atoms with Gasteiger partial charge in [-0.1, -0.05) is 100.0 Å². The summed E-state index contributed by atoms with van der Waals surface area (Å²) < 4.78 is 5.34. The maximum atomic E-state index is 10.8.